The van der Waals surface area contributed by atoms with Gasteiger partial charge < -0.3 is 14.8 Å². The lowest BCUT2D eigenvalue weighted by molar-refractivity contribution is -0.155. The number of hydrogen-bond donors (Lipinski definition) is 1. The van der Waals surface area contributed by atoms with Gasteiger partial charge in [-0.15, -0.1) is 23.7 Å². The number of hydrogen-bond acceptors (Lipinski definition) is 7. The minimum atomic E-state index is -3.58. The van der Waals surface area contributed by atoms with Crippen molar-refractivity contribution in [3.05, 3.63) is 46.8 Å². The Kier molecular flexibility index (Phi) is 8.92. The van der Waals surface area contributed by atoms with E-state index in [2.05, 4.69) is 5.32 Å². The highest BCUT2D eigenvalue weighted by atomic mass is 35.5. The molecule has 9 heteroatoms. The number of esters is 1. The number of carbonyl (C=O) groups excluding carboxylic acids is 1. The second kappa shape index (κ2) is 10.7. The van der Waals surface area contributed by atoms with Crippen molar-refractivity contribution < 1.29 is 22.7 Å². The summed E-state index contributed by atoms with van der Waals surface area (Å²) < 4.78 is 36.3. The standard InChI is InChI=1S/C23H31NO5S2.ClH/c1-22(2,3)29-21(25)15-23(11-12-24-13-14-31(23,26)27)20-10-9-19(30-20)18-7-5-17(6-8-18)16-28-4;/h5-10,24H,11-16H2,1-4H3;1H. The molecule has 0 radical (unpaired) electrons. The molecule has 1 N–H and O–H groups in total. The minimum Gasteiger partial charge on any atom is -0.460 e. The number of sulfone groups is 1. The predicted molar refractivity (Wildman–Crippen MR) is 131 cm³/mol. The summed E-state index contributed by atoms with van der Waals surface area (Å²) in [5.74, 6) is -0.494. The van der Waals surface area contributed by atoms with Crippen LogP contribution in [-0.4, -0.2) is 45.9 Å². The monoisotopic (exact) mass is 501 g/mol. The van der Waals surface area contributed by atoms with Crippen LogP contribution in [0.4, 0.5) is 0 Å². The highest BCUT2D eigenvalue weighted by molar-refractivity contribution is 7.92. The number of halogens is 1. The predicted octanol–water partition coefficient (Wildman–Crippen LogP) is 4.32. The van der Waals surface area contributed by atoms with E-state index in [-0.39, 0.29) is 24.6 Å². The number of thiophene rings is 1. The van der Waals surface area contributed by atoms with E-state index in [1.807, 2.05) is 36.4 Å². The topological polar surface area (TPSA) is 81.7 Å². The van der Waals surface area contributed by atoms with Crippen LogP contribution in [0.15, 0.2) is 36.4 Å². The van der Waals surface area contributed by atoms with Crippen molar-refractivity contribution in [3.63, 3.8) is 0 Å². The Morgan fingerprint density at radius 1 is 1.12 bits per heavy atom. The van der Waals surface area contributed by atoms with Crippen LogP contribution < -0.4 is 5.32 Å². The number of nitrogens with one attached hydrogen (secondary N) is 1. The zero-order valence-electron chi connectivity index (χ0n) is 19.0. The van der Waals surface area contributed by atoms with E-state index in [1.165, 1.54) is 11.3 Å². The van der Waals surface area contributed by atoms with Gasteiger partial charge >= 0.3 is 5.97 Å². The van der Waals surface area contributed by atoms with Crippen LogP contribution in [0.2, 0.25) is 0 Å². The van der Waals surface area contributed by atoms with E-state index in [9.17, 15) is 13.2 Å². The molecular formula is C23H32ClNO5S2. The van der Waals surface area contributed by atoms with Gasteiger partial charge in [0.15, 0.2) is 9.84 Å². The van der Waals surface area contributed by atoms with Gasteiger partial charge in [-0.2, -0.15) is 0 Å². The summed E-state index contributed by atoms with van der Waals surface area (Å²) in [6.45, 7) is 6.82. The number of carbonyl (C=O) groups is 1. The summed E-state index contributed by atoms with van der Waals surface area (Å²) >= 11 is 1.44. The molecule has 1 fully saturated rings. The van der Waals surface area contributed by atoms with Crippen molar-refractivity contribution in [2.75, 3.05) is 26.0 Å². The van der Waals surface area contributed by atoms with Crippen molar-refractivity contribution in [2.24, 2.45) is 0 Å². The molecule has 0 amide bonds. The first kappa shape index (κ1) is 26.8. The van der Waals surface area contributed by atoms with Gasteiger partial charge in [-0.25, -0.2) is 8.42 Å². The number of methoxy groups -OCH3 is 1. The summed E-state index contributed by atoms with van der Waals surface area (Å²) in [4.78, 5) is 14.4. The number of rotatable bonds is 6. The molecule has 178 valence electrons. The molecule has 32 heavy (non-hydrogen) atoms. The van der Waals surface area contributed by atoms with E-state index in [1.54, 1.807) is 27.9 Å². The van der Waals surface area contributed by atoms with Gasteiger partial charge in [0.1, 0.15) is 10.3 Å². The van der Waals surface area contributed by atoms with Crippen LogP contribution >= 0.6 is 23.7 Å². The maximum absolute atomic E-state index is 13.4. The average molecular weight is 502 g/mol. The highest BCUT2D eigenvalue weighted by Crippen LogP contribution is 2.45. The van der Waals surface area contributed by atoms with E-state index in [4.69, 9.17) is 9.47 Å². The molecule has 6 nitrogen and oxygen atoms in total. The van der Waals surface area contributed by atoms with Gasteiger partial charge in [0.05, 0.1) is 18.8 Å². The van der Waals surface area contributed by atoms with Crippen LogP contribution in [0.3, 0.4) is 0 Å². The van der Waals surface area contributed by atoms with Gasteiger partial charge in [-0.3, -0.25) is 4.79 Å². The molecule has 0 saturated carbocycles. The molecule has 1 atom stereocenters. The molecule has 1 aliphatic heterocycles. The average Bonchev–Trinajstić information content (AvgIpc) is 3.11. The maximum atomic E-state index is 13.4. The molecular weight excluding hydrogens is 470 g/mol. The molecule has 3 rings (SSSR count). The zero-order chi connectivity index (χ0) is 22.7. The molecule has 1 aliphatic rings. The lowest BCUT2D eigenvalue weighted by Crippen LogP contribution is -2.40. The molecule has 2 aromatic rings. The Balaban J connectivity index is 0.00000363. The third kappa shape index (κ3) is 6.11. The van der Waals surface area contributed by atoms with Gasteiger partial charge in [-0.1, -0.05) is 24.3 Å². The number of benzene rings is 1. The summed E-state index contributed by atoms with van der Waals surface area (Å²) in [6.07, 6.45) is 0.155. The first-order valence-corrected chi connectivity index (χ1v) is 12.9. The van der Waals surface area contributed by atoms with E-state index in [0.717, 1.165) is 16.0 Å². The lowest BCUT2D eigenvalue weighted by Gasteiger charge is -2.31. The van der Waals surface area contributed by atoms with Gasteiger partial charge in [0.2, 0.25) is 0 Å². The number of ether oxygens (including phenoxy) is 2. The molecule has 1 aromatic carbocycles. The van der Waals surface area contributed by atoms with Crippen molar-refractivity contribution in [1.82, 2.24) is 5.32 Å². The van der Waals surface area contributed by atoms with E-state index >= 15 is 0 Å². The molecule has 0 spiro atoms. The first-order valence-electron chi connectivity index (χ1n) is 10.4. The molecule has 0 aliphatic carbocycles. The van der Waals surface area contributed by atoms with Gasteiger partial charge in [0.25, 0.3) is 0 Å². The van der Waals surface area contributed by atoms with Crippen molar-refractivity contribution in [1.29, 1.82) is 0 Å². The Bertz CT molecular complexity index is 1010. The minimum absolute atomic E-state index is 0. The molecule has 2 heterocycles. The Morgan fingerprint density at radius 3 is 2.44 bits per heavy atom. The van der Waals surface area contributed by atoms with E-state index < -0.39 is 26.2 Å². The molecule has 1 saturated heterocycles. The largest absolute Gasteiger partial charge is 0.460 e. The molecule has 0 bridgehead atoms. The molecule has 1 unspecified atom stereocenters. The molecule has 1 aromatic heterocycles. The Labute approximate surface area is 201 Å². The van der Waals surface area contributed by atoms with Crippen molar-refractivity contribution in [3.8, 4) is 10.4 Å². The fraction of sp³-hybridized carbons (Fsp3) is 0.522. The fourth-order valence-electron chi connectivity index (χ4n) is 3.82. The second-order valence-corrected chi connectivity index (χ2v) is 12.4. The SMILES string of the molecule is COCc1ccc(-c2ccc(C3(CC(=O)OC(C)(C)C)CCNCCS3(=O)=O)s2)cc1.Cl. The van der Waals surface area contributed by atoms with Crippen LogP contribution in [0.25, 0.3) is 10.4 Å². The van der Waals surface area contributed by atoms with Gasteiger partial charge in [-0.05, 0) is 57.0 Å². The smallest absolute Gasteiger partial charge is 0.308 e. The quantitative estimate of drug-likeness (QED) is 0.594. The first-order chi connectivity index (χ1) is 14.6. The Morgan fingerprint density at radius 2 is 1.81 bits per heavy atom. The summed E-state index contributed by atoms with van der Waals surface area (Å²) in [5.41, 5.74) is 1.41. The highest BCUT2D eigenvalue weighted by Gasteiger charge is 2.49. The maximum Gasteiger partial charge on any atom is 0.308 e. The summed E-state index contributed by atoms with van der Waals surface area (Å²) in [7, 11) is -1.92. The van der Waals surface area contributed by atoms with Crippen molar-refractivity contribution >= 4 is 39.6 Å². The van der Waals surface area contributed by atoms with Crippen LogP contribution in [0.5, 0.6) is 0 Å². The normalized spacial score (nSPS) is 20.8. The van der Waals surface area contributed by atoms with E-state index in [0.29, 0.717) is 31.0 Å². The summed E-state index contributed by atoms with van der Waals surface area (Å²) in [5, 5.41) is 3.17. The third-order valence-corrected chi connectivity index (χ3v) is 9.27. The van der Waals surface area contributed by atoms with Crippen molar-refractivity contribution in [2.45, 2.75) is 50.6 Å². The Hall–Kier alpha value is -1.45. The van der Waals surface area contributed by atoms with Crippen LogP contribution in [-0.2, 0) is 35.5 Å². The van der Waals surface area contributed by atoms with Crippen LogP contribution in [0.1, 0.15) is 44.1 Å². The third-order valence-electron chi connectivity index (χ3n) is 5.30. The summed E-state index contributed by atoms with van der Waals surface area (Å²) in [6, 6.07) is 11.8. The second-order valence-electron chi connectivity index (χ2n) is 8.87. The zero-order valence-corrected chi connectivity index (χ0v) is 21.4. The fourth-order valence-corrected chi connectivity index (χ4v) is 7.37. The van der Waals surface area contributed by atoms with Crippen LogP contribution in [0, 0.1) is 0 Å². The van der Waals surface area contributed by atoms with Gasteiger partial charge in [0, 0.05) is 23.4 Å². The lowest BCUT2D eigenvalue weighted by atomic mass is 9.97.